The fourth-order valence-electron chi connectivity index (χ4n) is 2.67. The van der Waals surface area contributed by atoms with Crippen molar-refractivity contribution in [3.05, 3.63) is 11.9 Å². The van der Waals surface area contributed by atoms with Crippen molar-refractivity contribution < 1.29 is 19.5 Å². The minimum Gasteiger partial charge on any atom is -0.476 e. The molecule has 0 radical (unpaired) electrons. The van der Waals surface area contributed by atoms with Crippen LogP contribution in [0.5, 0.6) is 0 Å². The van der Waals surface area contributed by atoms with Crippen molar-refractivity contribution in [1.82, 2.24) is 20.6 Å². The van der Waals surface area contributed by atoms with Gasteiger partial charge in [-0.3, -0.25) is 0 Å². The van der Waals surface area contributed by atoms with Crippen LogP contribution in [0.25, 0.3) is 0 Å². The van der Waals surface area contributed by atoms with Crippen molar-refractivity contribution in [3.63, 3.8) is 0 Å². The predicted molar refractivity (Wildman–Crippen MR) is 84.2 cm³/mol. The molecule has 3 N–H and O–H groups in total. The monoisotopic (exact) mass is 336 g/mol. The molecule has 3 rings (SSSR count). The first-order valence-electron chi connectivity index (χ1n) is 7.68. The fourth-order valence-corrected chi connectivity index (χ4v) is 2.67. The van der Waals surface area contributed by atoms with Gasteiger partial charge in [0.15, 0.2) is 11.5 Å². The third-order valence-corrected chi connectivity index (χ3v) is 3.80. The van der Waals surface area contributed by atoms with E-state index in [0.717, 1.165) is 52.4 Å². The highest BCUT2D eigenvalue weighted by atomic mass is 16.4. The van der Waals surface area contributed by atoms with E-state index in [-0.39, 0.29) is 11.8 Å². The van der Waals surface area contributed by atoms with Gasteiger partial charge in [0.05, 0.1) is 6.20 Å². The summed E-state index contributed by atoms with van der Waals surface area (Å²) in [5.74, 6) is 0.101. The molecule has 130 valence electrons. The van der Waals surface area contributed by atoms with Crippen LogP contribution in [0.1, 0.15) is 10.5 Å². The average molecular weight is 336 g/mol. The number of hydrogen-bond donors (Lipinski definition) is 3. The summed E-state index contributed by atoms with van der Waals surface area (Å²) in [5, 5.41) is 16.0. The molecule has 2 fully saturated rings. The third-order valence-electron chi connectivity index (χ3n) is 3.80. The zero-order chi connectivity index (χ0) is 17.4. The Balaban J connectivity index is 0.000000647. The summed E-state index contributed by atoms with van der Waals surface area (Å²) >= 11 is 0. The molecule has 24 heavy (non-hydrogen) atoms. The Kier molecular flexibility index (Phi) is 6.62. The number of piperazine rings is 2. The Morgan fingerprint density at radius 1 is 1.04 bits per heavy atom. The summed E-state index contributed by atoms with van der Waals surface area (Å²) in [6.07, 6.45) is 1.94. The van der Waals surface area contributed by atoms with Crippen LogP contribution < -0.4 is 20.4 Å². The summed E-state index contributed by atoms with van der Waals surface area (Å²) < 4.78 is 0. The predicted octanol–water partition coefficient (Wildman–Crippen LogP) is -1.59. The minimum atomic E-state index is -1.02. The van der Waals surface area contributed by atoms with Crippen LogP contribution in [0, 0.1) is 0 Å². The number of aromatic nitrogens is 2. The lowest BCUT2D eigenvalue weighted by Crippen LogP contribution is -2.45. The van der Waals surface area contributed by atoms with Gasteiger partial charge in [0, 0.05) is 52.4 Å². The molecule has 1 aromatic heterocycles. The van der Waals surface area contributed by atoms with E-state index in [9.17, 15) is 9.90 Å². The molecule has 0 saturated carbocycles. The highest BCUT2D eigenvalue weighted by molar-refractivity contribution is 5.91. The number of carboxylic acids is 1. The molecule has 2 aliphatic rings. The summed E-state index contributed by atoms with van der Waals surface area (Å²) in [7, 11) is 0. The van der Waals surface area contributed by atoms with E-state index in [1.807, 2.05) is 4.90 Å². The maximum Gasteiger partial charge on any atom is 0.373 e. The standard InChI is InChI=1S/C13H20N6O2.CO2/c20-13(21)11-12(19-7-3-15-4-8-19)16-9-10(17-11)18-5-1-14-2-6-18;2-1-3/h9,14-15H,1-8H2,(H,20,21);. The van der Waals surface area contributed by atoms with E-state index in [0.29, 0.717) is 11.6 Å². The van der Waals surface area contributed by atoms with Gasteiger partial charge >= 0.3 is 12.1 Å². The topological polar surface area (TPSA) is 128 Å². The smallest absolute Gasteiger partial charge is 0.373 e. The molecule has 0 aromatic carbocycles. The molecule has 2 aliphatic heterocycles. The maximum atomic E-state index is 11.5. The lowest BCUT2D eigenvalue weighted by atomic mass is 10.3. The van der Waals surface area contributed by atoms with Crippen molar-refractivity contribution in [2.45, 2.75) is 0 Å². The van der Waals surface area contributed by atoms with Crippen molar-refractivity contribution in [3.8, 4) is 0 Å². The number of rotatable bonds is 3. The van der Waals surface area contributed by atoms with Gasteiger partial charge in [-0.1, -0.05) is 0 Å². The molecular weight excluding hydrogens is 316 g/mol. The van der Waals surface area contributed by atoms with Crippen LogP contribution in [0.4, 0.5) is 11.6 Å². The zero-order valence-corrected chi connectivity index (χ0v) is 13.2. The van der Waals surface area contributed by atoms with Gasteiger partial charge in [-0.05, 0) is 0 Å². The summed E-state index contributed by atoms with van der Waals surface area (Å²) in [6, 6.07) is 0. The average Bonchev–Trinajstić information content (AvgIpc) is 2.63. The molecule has 0 bridgehead atoms. The Hall–Kier alpha value is -2.55. The van der Waals surface area contributed by atoms with Crippen molar-refractivity contribution in [2.24, 2.45) is 0 Å². The number of carboxylic acid groups (broad SMARTS) is 1. The molecule has 0 atom stereocenters. The normalized spacial score (nSPS) is 17.5. The summed E-state index contributed by atoms with van der Waals surface area (Å²) in [5.41, 5.74) is 0.0490. The SMILES string of the molecule is O=C(O)c1nc(N2CCNCC2)cnc1N1CCNCC1.O=C=O. The lowest BCUT2D eigenvalue weighted by molar-refractivity contribution is -0.191. The molecule has 0 amide bonds. The Morgan fingerprint density at radius 3 is 2.04 bits per heavy atom. The van der Waals surface area contributed by atoms with Crippen molar-refractivity contribution in [2.75, 3.05) is 62.2 Å². The number of hydrogen-bond acceptors (Lipinski definition) is 9. The molecule has 0 spiro atoms. The van der Waals surface area contributed by atoms with Crippen LogP contribution in [0.15, 0.2) is 6.20 Å². The number of nitrogens with one attached hydrogen (secondary N) is 2. The number of anilines is 2. The van der Waals surface area contributed by atoms with Crippen LogP contribution >= 0.6 is 0 Å². The van der Waals surface area contributed by atoms with Gasteiger partial charge in [0.25, 0.3) is 0 Å². The largest absolute Gasteiger partial charge is 0.476 e. The van der Waals surface area contributed by atoms with E-state index in [4.69, 9.17) is 9.59 Å². The number of carbonyl (C=O) groups excluding carboxylic acids is 2. The highest BCUT2D eigenvalue weighted by Gasteiger charge is 2.23. The van der Waals surface area contributed by atoms with E-state index in [1.54, 1.807) is 6.20 Å². The van der Waals surface area contributed by atoms with Crippen molar-refractivity contribution in [1.29, 1.82) is 0 Å². The van der Waals surface area contributed by atoms with E-state index >= 15 is 0 Å². The Labute approximate surface area is 138 Å². The highest BCUT2D eigenvalue weighted by Crippen LogP contribution is 2.20. The maximum absolute atomic E-state index is 11.5. The van der Waals surface area contributed by atoms with Gasteiger partial charge in [0.1, 0.15) is 5.82 Å². The second-order valence-corrected chi connectivity index (χ2v) is 5.26. The molecular formula is C14H20N6O4. The van der Waals surface area contributed by atoms with Crippen LogP contribution in [0.2, 0.25) is 0 Å². The second-order valence-electron chi connectivity index (χ2n) is 5.26. The first-order valence-corrected chi connectivity index (χ1v) is 7.68. The number of aromatic carboxylic acids is 1. The van der Waals surface area contributed by atoms with Crippen LogP contribution in [-0.2, 0) is 9.59 Å². The first-order chi connectivity index (χ1) is 11.7. The molecule has 1 aromatic rings. The lowest BCUT2D eigenvalue weighted by Gasteiger charge is -2.31. The molecule has 10 nitrogen and oxygen atoms in total. The third kappa shape index (κ3) is 4.48. The minimum absolute atomic E-state index is 0.0490. The molecule has 10 heteroatoms. The van der Waals surface area contributed by atoms with Crippen molar-refractivity contribution >= 4 is 23.8 Å². The summed E-state index contributed by atoms with van der Waals surface area (Å²) in [4.78, 5) is 40.6. The molecule has 2 saturated heterocycles. The van der Waals surface area contributed by atoms with Gasteiger partial charge in [-0.2, -0.15) is 9.59 Å². The van der Waals surface area contributed by atoms with E-state index < -0.39 is 5.97 Å². The van der Waals surface area contributed by atoms with Crippen LogP contribution in [0.3, 0.4) is 0 Å². The summed E-state index contributed by atoms with van der Waals surface area (Å²) in [6.45, 7) is 6.57. The van der Waals surface area contributed by atoms with Gasteiger partial charge in [0.2, 0.25) is 0 Å². The van der Waals surface area contributed by atoms with Gasteiger partial charge in [-0.25, -0.2) is 14.8 Å². The zero-order valence-electron chi connectivity index (χ0n) is 13.2. The molecule has 0 aliphatic carbocycles. The van der Waals surface area contributed by atoms with E-state index in [2.05, 4.69) is 25.5 Å². The van der Waals surface area contributed by atoms with Crippen LogP contribution in [-0.4, -0.2) is 79.6 Å². The second kappa shape index (κ2) is 8.92. The van der Waals surface area contributed by atoms with Gasteiger partial charge < -0.3 is 25.5 Å². The fraction of sp³-hybridized carbons (Fsp3) is 0.571. The number of carbonyl (C=O) groups is 1. The first kappa shape index (κ1) is 17.8. The Bertz CT molecular complexity index is 593. The molecule has 0 unspecified atom stereocenters. The number of nitrogens with zero attached hydrogens (tertiary/aromatic N) is 4. The molecule has 3 heterocycles. The van der Waals surface area contributed by atoms with Gasteiger partial charge in [-0.15, -0.1) is 0 Å². The quantitative estimate of drug-likeness (QED) is 0.594. The van der Waals surface area contributed by atoms with E-state index in [1.165, 1.54) is 0 Å². The Morgan fingerprint density at radius 2 is 1.54 bits per heavy atom.